The number of benzene rings is 1. The Balaban J connectivity index is 2.03. The van der Waals surface area contributed by atoms with E-state index in [1.165, 1.54) is 12.3 Å². The molecule has 2 aromatic rings. The maximum Gasteiger partial charge on any atom is 0.253 e. The number of nitrogens with zero attached hydrogens (tertiary/aromatic N) is 1. The molecule has 19 heavy (non-hydrogen) atoms. The molecule has 1 heterocycles. The van der Waals surface area contributed by atoms with Gasteiger partial charge in [-0.2, -0.15) is 0 Å². The molecular formula is C13H11BrClN3O. The molecule has 0 aliphatic rings. The fraction of sp³-hybridized carbons (Fsp3) is 0.0769. The Hall–Kier alpha value is -1.59. The number of aromatic nitrogens is 1. The maximum absolute atomic E-state index is 11.9. The second kappa shape index (κ2) is 6.04. The summed E-state index contributed by atoms with van der Waals surface area (Å²) >= 11 is 9.20. The fourth-order valence-electron chi connectivity index (χ4n) is 1.50. The standard InChI is InChI=1S/C13H11BrClN3O/c14-10-3-1-2-8(4-10)6-18-13(19)9-5-11(15)12(16)17-7-9/h1-5,7H,6H2,(H2,16,17)(H,18,19). The van der Waals surface area contributed by atoms with Gasteiger partial charge in [-0.25, -0.2) is 4.98 Å². The first kappa shape index (κ1) is 13.8. The first-order valence-electron chi connectivity index (χ1n) is 5.50. The molecule has 0 radical (unpaired) electrons. The van der Waals surface area contributed by atoms with Crippen molar-refractivity contribution in [3.05, 3.63) is 57.2 Å². The highest BCUT2D eigenvalue weighted by Gasteiger charge is 2.08. The molecule has 3 N–H and O–H groups in total. The summed E-state index contributed by atoms with van der Waals surface area (Å²) in [5.74, 6) is -0.0282. The van der Waals surface area contributed by atoms with Gasteiger partial charge in [0, 0.05) is 17.2 Å². The van der Waals surface area contributed by atoms with Gasteiger partial charge >= 0.3 is 0 Å². The molecule has 2 rings (SSSR count). The van der Waals surface area contributed by atoms with E-state index in [9.17, 15) is 4.79 Å². The number of hydrogen-bond donors (Lipinski definition) is 2. The van der Waals surface area contributed by atoms with Crippen LogP contribution >= 0.6 is 27.5 Å². The Kier molecular flexibility index (Phi) is 4.39. The minimum atomic E-state index is -0.241. The normalized spacial score (nSPS) is 10.2. The van der Waals surface area contributed by atoms with Crippen LogP contribution in [0.5, 0.6) is 0 Å². The number of carbonyl (C=O) groups is 1. The average molecular weight is 341 g/mol. The molecule has 0 unspecified atom stereocenters. The van der Waals surface area contributed by atoms with E-state index in [0.29, 0.717) is 12.1 Å². The molecule has 1 amide bonds. The number of pyridine rings is 1. The van der Waals surface area contributed by atoms with Crippen molar-refractivity contribution in [2.45, 2.75) is 6.54 Å². The lowest BCUT2D eigenvalue weighted by atomic mass is 10.2. The summed E-state index contributed by atoms with van der Waals surface area (Å²) in [6.07, 6.45) is 1.40. The van der Waals surface area contributed by atoms with Gasteiger partial charge in [-0.1, -0.05) is 39.7 Å². The molecule has 0 aliphatic heterocycles. The van der Waals surface area contributed by atoms with Crippen molar-refractivity contribution in [3.8, 4) is 0 Å². The van der Waals surface area contributed by atoms with Crippen LogP contribution in [0.25, 0.3) is 0 Å². The van der Waals surface area contributed by atoms with E-state index in [1.54, 1.807) is 0 Å². The third kappa shape index (κ3) is 3.68. The summed E-state index contributed by atoms with van der Waals surface area (Å²) < 4.78 is 0.969. The van der Waals surface area contributed by atoms with Crippen molar-refractivity contribution in [3.63, 3.8) is 0 Å². The molecule has 1 aromatic heterocycles. The van der Waals surface area contributed by atoms with E-state index < -0.39 is 0 Å². The zero-order valence-electron chi connectivity index (χ0n) is 9.86. The largest absolute Gasteiger partial charge is 0.382 e. The number of rotatable bonds is 3. The number of nitrogen functional groups attached to an aromatic ring is 1. The Morgan fingerprint density at radius 3 is 2.89 bits per heavy atom. The summed E-state index contributed by atoms with van der Waals surface area (Å²) in [6.45, 7) is 0.431. The van der Waals surface area contributed by atoms with Crippen LogP contribution in [0.2, 0.25) is 5.02 Å². The molecule has 0 fully saturated rings. The molecule has 0 bridgehead atoms. The second-order valence-electron chi connectivity index (χ2n) is 3.90. The summed E-state index contributed by atoms with van der Waals surface area (Å²) in [7, 11) is 0. The molecular weight excluding hydrogens is 330 g/mol. The lowest BCUT2D eigenvalue weighted by Gasteiger charge is -2.06. The number of hydrogen-bond acceptors (Lipinski definition) is 3. The van der Waals surface area contributed by atoms with Crippen LogP contribution in [-0.2, 0) is 6.54 Å². The van der Waals surface area contributed by atoms with E-state index in [0.717, 1.165) is 10.0 Å². The number of nitrogens with one attached hydrogen (secondary N) is 1. The Bertz CT molecular complexity index is 619. The van der Waals surface area contributed by atoms with Gasteiger partial charge in [0.25, 0.3) is 5.91 Å². The van der Waals surface area contributed by atoms with Gasteiger partial charge in [0.1, 0.15) is 5.82 Å². The first-order valence-corrected chi connectivity index (χ1v) is 6.67. The molecule has 1 aromatic carbocycles. The highest BCUT2D eigenvalue weighted by molar-refractivity contribution is 9.10. The molecule has 6 heteroatoms. The minimum absolute atomic E-state index is 0.213. The number of carbonyl (C=O) groups excluding carboxylic acids is 1. The lowest BCUT2D eigenvalue weighted by molar-refractivity contribution is 0.0950. The monoisotopic (exact) mass is 339 g/mol. The van der Waals surface area contributed by atoms with Crippen molar-refractivity contribution in [2.75, 3.05) is 5.73 Å². The van der Waals surface area contributed by atoms with E-state index in [-0.39, 0.29) is 16.7 Å². The van der Waals surface area contributed by atoms with Crippen LogP contribution < -0.4 is 11.1 Å². The summed E-state index contributed by atoms with van der Waals surface area (Å²) in [5, 5.41) is 3.06. The van der Waals surface area contributed by atoms with Gasteiger partial charge in [-0.15, -0.1) is 0 Å². The number of anilines is 1. The van der Waals surface area contributed by atoms with Gasteiger partial charge < -0.3 is 11.1 Å². The predicted octanol–water partition coefficient (Wildman–Crippen LogP) is 3.01. The van der Waals surface area contributed by atoms with Crippen LogP contribution in [0, 0.1) is 0 Å². The van der Waals surface area contributed by atoms with Crippen LogP contribution in [-0.4, -0.2) is 10.9 Å². The van der Waals surface area contributed by atoms with E-state index in [1.807, 2.05) is 24.3 Å². The molecule has 0 atom stereocenters. The van der Waals surface area contributed by atoms with Crippen LogP contribution in [0.4, 0.5) is 5.82 Å². The van der Waals surface area contributed by atoms with Gasteiger partial charge in [0.15, 0.2) is 0 Å². The molecule has 0 saturated carbocycles. The van der Waals surface area contributed by atoms with E-state index >= 15 is 0 Å². The Labute approximate surface area is 124 Å². The van der Waals surface area contributed by atoms with Crippen molar-refractivity contribution >= 4 is 39.3 Å². The summed E-state index contributed by atoms with van der Waals surface area (Å²) in [6, 6.07) is 9.20. The lowest BCUT2D eigenvalue weighted by Crippen LogP contribution is -2.23. The summed E-state index contributed by atoms with van der Waals surface area (Å²) in [5.41, 5.74) is 6.87. The quantitative estimate of drug-likeness (QED) is 0.902. The molecule has 0 saturated heterocycles. The van der Waals surface area contributed by atoms with Gasteiger partial charge in [0.05, 0.1) is 10.6 Å². The zero-order valence-corrected chi connectivity index (χ0v) is 12.2. The fourth-order valence-corrected chi connectivity index (χ4v) is 2.12. The first-order chi connectivity index (χ1) is 9.06. The highest BCUT2D eigenvalue weighted by Crippen LogP contribution is 2.17. The molecule has 0 aliphatic carbocycles. The Morgan fingerprint density at radius 1 is 1.42 bits per heavy atom. The van der Waals surface area contributed by atoms with Crippen LogP contribution in [0.15, 0.2) is 41.0 Å². The number of nitrogens with two attached hydrogens (primary N) is 1. The third-order valence-corrected chi connectivity index (χ3v) is 3.27. The number of halogens is 2. The smallest absolute Gasteiger partial charge is 0.253 e. The van der Waals surface area contributed by atoms with Crippen LogP contribution in [0.3, 0.4) is 0 Å². The summed E-state index contributed by atoms with van der Waals surface area (Å²) in [4.78, 5) is 15.8. The van der Waals surface area contributed by atoms with Crippen molar-refractivity contribution < 1.29 is 4.79 Å². The highest BCUT2D eigenvalue weighted by atomic mass is 79.9. The van der Waals surface area contributed by atoms with Crippen molar-refractivity contribution in [2.24, 2.45) is 0 Å². The average Bonchev–Trinajstić information content (AvgIpc) is 2.39. The van der Waals surface area contributed by atoms with Gasteiger partial charge in [0.2, 0.25) is 0 Å². The maximum atomic E-state index is 11.9. The minimum Gasteiger partial charge on any atom is -0.382 e. The topological polar surface area (TPSA) is 68.0 Å². The van der Waals surface area contributed by atoms with Crippen LogP contribution in [0.1, 0.15) is 15.9 Å². The molecule has 98 valence electrons. The molecule has 0 spiro atoms. The predicted molar refractivity (Wildman–Crippen MR) is 79.0 cm³/mol. The number of amides is 1. The SMILES string of the molecule is Nc1ncc(C(=O)NCc2cccc(Br)c2)cc1Cl. The van der Waals surface area contributed by atoms with E-state index in [4.69, 9.17) is 17.3 Å². The third-order valence-electron chi connectivity index (χ3n) is 2.47. The molecule has 4 nitrogen and oxygen atoms in total. The van der Waals surface area contributed by atoms with Gasteiger partial charge in [-0.05, 0) is 23.8 Å². The zero-order chi connectivity index (χ0) is 13.8. The van der Waals surface area contributed by atoms with E-state index in [2.05, 4.69) is 26.2 Å². The van der Waals surface area contributed by atoms with Crippen molar-refractivity contribution in [1.82, 2.24) is 10.3 Å². The Morgan fingerprint density at radius 2 is 2.21 bits per heavy atom. The second-order valence-corrected chi connectivity index (χ2v) is 5.23. The van der Waals surface area contributed by atoms with Crippen molar-refractivity contribution in [1.29, 1.82) is 0 Å². The van der Waals surface area contributed by atoms with Gasteiger partial charge in [-0.3, -0.25) is 4.79 Å².